The Bertz CT molecular complexity index is 687. The van der Waals surface area contributed by atoms with E-state index < -0.39 is 0 Å². The van der Waals surface area contributed by atoms with E-state index in [1.807, 2.05) is 19.9 Å². The van der Waals surface area contributed by atoms with Gasteiger partial charge in [-0.05, 0) is 18.4 Å². The van der Waals surface area contributed by atoms with Crippen LogP contribution in [-0.2, 0) is 12.8 Å². The van der Waals surface area contributed by atoms with Crippen molar-refractivity contribution >= 4 is 0 Å². The highest BCUT2D eigenvalue weighted by atomic mass is 15.4. The van der Waals surface area contributed by atoms with Gasteiger partial charge in [-0.3, -0.25) is 0 Å². The number of nitrogens with zero attached hydrogens (tertiary/aromatic N) is 7. The van der Waals surface area contributed by atoms with Crippen molar-refractivity contribution in [2.45, 2.75) is 26.7 Å². The van der Waals surface area contributed by atoms with Crippen LogP contribution in [0.2, 0.25) is 0 Å². The van der Waals surface area contributed by atoms with Crippen LogP contribution in [0.25, 0.3) is 5.82 Å². The van der Waals surface area contributed by atoms with E-state index in [0.29, 0.717) is 24.2 Å². The molecule has 0 atom stereocenters. The molecule has 0 radical (unpaired) electrons. The molecule has 0 saturated heterocycles. The van der Waals surface area contributed by atoms with Crippen LogP contribution in [0.5, 0.6) is 0 Å². The van der Waals surface area contributed by atoms with Crippen molar-refractivity contribution in [3.05, 3.63) is 29.0 Å². The first kappa shape index (κ1) is 12.7. The lowest BCUT2D eigenvalue weighted by atomic mass is 10.0. The zero-order chi connectivity index (χ0) is 13.8. The number of aryl methyl sites for hydroxylation is 1. The molecule has 2 aromatic rings. The zero-order valence-corrected chi connectivity index (χ0v) is 10.6. The Kier molecular flexibility index (Phi) is 3.48. The summed E-state index contributed by atoms with van der Waals surface area (Å²) in [7, 11) is 0. The van der Waals surface area contributed by atoms with E-state index in [9.17, 15) is 5.26 Å². The third-order valence-electron chi connectivity index (χ3n) is 2.75. The summed E-state index contributed by atoms with van der Waals surface area (Å²) in [5, 5.41) is 30.1. The Morgan fingerprint density at radius 3 is 2.47 bits per heavy atom. The highest BCUT2D eigenvalue weighted by Crippen LogP contribution is 2.18. The summed E-state index contributed by atoms with van der Waals surface area (Å²) in [5.41, 5.74) is 2.11. The highest BCUT2D eigenvalue weighted by Gasteiger charge is 2.16. The lowest BCUT2D eigenvalue weighted by molar-refractivity contribution is 0.774. The van der Waals surface area contributed by atoms with Gasteiger partial charge in [0.2, 0.25) is 0 Å². The molecule has 94 valence electrons. The van der Waals surface area contributed by atoms with Gasteiger partial charge in [0, 0.05) is 0 Å². The van der Waals surface area contributed by atoms with Crippen LogP contribution in [0.1, 0.15) is 36.5 Å². The summed E-state index contributed by atoms with van der Waals surface area (Å²) in [4.78, 5) is 3.80. The van der Waals surface area contributed by atoms with E-state index in [2.05, 4.69) is 26.3 Å². The molecule has 0 aliphatic rings. The highest BCUT2D eigenvalue weighted by molar-refractivity contribution is 5.49. The first-order valence-electron chi connectivity index (χ1n) is 5.85. The minimum atomic E-state index is 0.0308. The monoisotopic (exact) mass is 253 g/mol. The van der Waals surface area contributed by atoms with Crippen molar-refractivity contribution in [3.63, 3.8) is 0 Å². The van der Waals surface area contributed by atoms with E-state index >= 15 is 0 Å². The second kappa shape index (κ2) is 5.23. The Labute approximate surface area is 110 Å². The predicted octanol–water partition coefficient (Wildman–Crippen LogP) is 0.925. The summed E-state index contributed by atoms with van der Waals surface area (Å²) >= 11 is 0. The molecular weight excluding hydrogens is 242 g/mol. The molecule has 0 bridgehead atoms. The van der Waals surface area contributed by atoms with Crippen LogP contribution >= 0.6 is 0 Å². The lowest BCUT2D eigenvalue weighted by Gasteiger charge is -2.09. The van der Waals surface area contributed by atoms with Gasteiger partial charge in [-0.25, -0.2) is 4.98 Å². The topological polar surface area (TPSA) is 104 Å². The van der Waals surface area contributed by atoms with Crippen molar-refractivity contribution in [2.24, 2.45) is 0 Å². The molecule has 0 aromatic carbocycles. The lowest BCUT2D eigenvalue weighted by Crippen LogP contribution is -2.10. The molecule has 2 aromatic heterocycles. The van der Waals surface area contributed by atoms with E-state index in [-0.39, 0.29) is 5.82 Å². The molecule has 7 heteroatoms. The van der Waals surface area contributed by atoms with Crippen LogP contribution in [0.4, 0.5) is 0 Å². The molecule has 0 amide bonds. The number of aromatic nitrogens is 5. The number of hydrogen-bond donors (Lipinski definition) is 0. The van der Waals surface area contributed by atoms with Gasteiger partial charge in [0.15, 0.2) is 5.82 Å². The molecule has 0 aliphatic heterocycles. The molecule has 0 saturated carbocycles. The van der Waals surface area contributed by atoms with Gasteiger partial charge in [0.05, 0.1) is 5.69 Å². The number of nitriles is 2. The van der Waals surface area contributed by atoms with Gasteiger partial charge in [-0.15, -0.1) is 10.2 Å². The van der Waals surface area contributed by atoms with E-state index in [1.54, 1.807) is 0 Å². The van der Waals surface area contributed by atoms with Crippen LogP contribution < -0.4 is 0 Å². The molecule has 7 nitrogen and oxygen atoms in total. The maximum Gasteiger partial charge on any atom is 0.252 e. The molecule has 0 aliphatic carbocycles. The molecule has 0 N–H and O–H groups in total. The summed E-state index contributed by atoms with van der Waals surface area (Å²) in [6.07, 6.45) is 2.76. The van der Waals surface area contributed by atoms with Crippen molar-refractivity contribution in [1.82, 2.24) is 25.0 Å². The van der Waals surface area contributed by atoms with Crippen LogP contribution in [-0.4, -0.2) is 25.0 Å². The second-order valence-corrected chi connectivity index (χ2v) is 3.77. The molecule has 19 heavy (non-hydrogen) atoms. The standard InChI is InChI=1S/C12H11N7/c1-3-8-9(5-13)12(17-16-10(8)4-2)19-7-15-11(6-14)18-19/h7H,3-4H2,1-2H3. The Morgan fingerprint density at radius 1 is 1.16 bits per heavy atom. The summed E-state index contributed by atoms with van der Waals surface area (Å²) < 4.78 is 1.31. The van der Waals surface area contributed by atoms with E-state index in [1.165, 1.54) is 11.0 Å². The van der Waals surface area contributed by atoms with Gasteiger partial charge in [0.1, 0.15) is 24.0 Å². The summed E-state index contributed by atoms with van der Waals surface area (Å²) in [6.45, 7) is 3.93. The molecule has 0 unspecified atom stereocenters. The fourth-order valence-electron chi connectivity index (χ4n) is 1.86. The van der Waals surface area contributed by atoms with Crippen LogP contribution in [0, 0.1) is 22.7 Å². The largest absolute Gasteiger partial charge is 0.252 e. The fraction of sp³-hybridized carbons (Fsp3) is 0.333. The van der Waals surface area contributed by atoms with Gasteiger partial charge in [-0.1, -0.05) is 13.8 Å². The van der Waals surface area contributed by atoms with Crippen molar-refractivity contribution in [3.8, 4) is 18.0 Å². The molecular formula is C12H11N7. The Hall–Kier alpha value is -2.80. The minimum absolute atomic E-state index is 0.0308. The SMILES string of the molecule is CCc1nnc(-n2cnc(C#N)n2)c(C#N)c1CC. The van der Waals surface area contributed by atoms with Crippen LogP contribution in [0.3, 0.4) is 0 Å². The third kappa shape index (κ3) is 2.14. The van der Waals surface area contributed by atoms with E-state index in [4.69, 9.17) is 5.26 Å². The number of hydrogen-bond acceptors (Lipinski definition) is 6. The van der Waals surface area contributed by atoms with Crippen LogP contribution in [0.15, 0.2) is 6.33 Å². The average molecular weight is 253 g/mol. The van der Waals surface area contributed by atoms with Gasteiger partial charge in [-0.2, -0.15) is 20.3 Å². The maximum absolute atomic E-state index is 9.33. The summed E-state index contributed by atoms with van der Waals surface area (Å²) in [6, 6.07) is 3.97. The quantitative estimate of drug-likeness (QED) is 0.805. The first-order chi connectivity index (χ1) is 9.24. The van der Waals surface area contributed by atoms with Crippen molar-refractivity contribution in [1.29, 1.82) is 10.5 Å². The number of rotatable bonds is 3. The minimum Gasteiger partial charge on any atom is -0.206 e. The molecule has 0 fully saturated rings. The molecule has 2 heterocycles. The molecule has 0 spiro atoms. The molecule has 2 rings (SSSR count). The van der Waals surface area contributed by atoms with Gasteiger partial charge in [0.25, 0.3) is 5.82 Å². The van der Waals surface area contributed by atoms with E-state index in [0.717, 1.165) is 11.3 Å². The first-order valence-corrected chi connectivity index (χ1v) is 5.85. The maximum atomic E-state index is 9.33. The smallest absolute Gasteiger partial charge is 0.206 e. The average Bonchev–Trinajstić information content (AvgIpc) is 2.94. The van der Waals surface area contributed by atoms with Crippen molar-refractivity contribution in [2.75, 3.05) is 0 Å². The second-order valence-electron chi connectivity index (χ2n) is 3.77. The third-order valence-corrected chi connectivity index (χ3v) is 2.75. The Morgan fingerprint density at radius 2 is 1.95 bits per heavy atom. The Balaban J connectivity index is 2.65. The normalized spacial score (nSPS) is 9.89. The summed E-state index contributed by atoms with van der Waals surface area (Å²) in [5.74, 6) is 0.342. The van der Waals surface area contributed by atoms with Crippen molar-refractivity contribution < 1.29 is 0 Å². The predicted molar refractivity (Wildman–Crippen MR) is 65.1 cm³/mol. The fourth-order valence-corrected chi connectivity index (χ4v) is 1.86. The van der Waals surface area contributed by atoms with Gasteiger partial charge < -0.3 is 0 Å². The van der Waals surface area contributed by atoms with Gasteiger partial charge >= 0.3 is 0 Å². The zero-order valence-electron chi connectivity index (χ0n) is 10.6.